The zero-order valence-corrected chi connectivity index (χ0v) is 11.5. The Morgan fingerprint density at radius 2 is 2.12 bits per heavy atom. The number of thioether (sulfide) groups is 1. The predicted molar refractivity (Wildman–Crippen MR) is 67.9 cm³/mol. The van der Waals surface area contributed by atoms with Crippen molar-refractivity contribution in [3.63, 3.8) is 0 Å². The van der Waals surface area contributed by atoms with Gasteiger partial charge in [-0.15, -0.1) is 11.8 Å². The number of rotatable bonds is 4. The molecule has 17 heavy (non-hydrogen) atoms. The number of carboxylic acids is 1. The van der Waals surface area contributed by atoms with Crippen LogP contribution in [0.15, 0.2) is 0 Å². The van der Waals surface area contributed by atoms with E-state index in [9.17, 15) is 9.59 Å². The molecule has 1 amide bonds. The minimum atomic E-state index is -0.922. The molecule has 0 bridgehead atoms. The Kier molecular flexibility index (Phi) is 4.43. The first-order valence-corrected chi connectivity index (χ1v) is 6.76. The summed E-state index contributed by atoms with van der Waals surface area (Å²) in [7, 11) is 1.71. The maximum Gasteiger partial charge on any atom is 0.327 e. The number of carbonyl (C=O) groups is 2. The second-order valence-electron chi connectivity index (χ2n) is 4.64. The normalized spacial score (nSPS) is 25.1. The van der Waals surface area contributed by atoms with Crippen LogP contribution in [0, 0.1) is 0 Å². The SMILES string of the molecule is CCC1SCC(C(=O)O)N1C(=O)C(C)(C)NC. The van der Waals surface area contributed by atoms with E-state index < -0.39 is 17.6 Å². The van der Waals surface area contributed by atoms with Crippen LogP contribution in [0.3, 0.4) is 0 Å². The highest BCUT2D eigenvalue weighted by Gasteiger charge is 2.44. The smallest absolute Gasteiger partial charge is 0.327 e. The van der Waals surface area contributed by atoms with Crippen molar-refractivity contribution in [3.8, 4) is 0 Å². The van der Waals surface area contributed by atoms with Crippen molar-refractivity contribution >= 4 is 23.6 Å². The molecule has 0 aromatic carbocycles. The molecule has 0 aromatic rings. The van der Waals surface area contributed by atoms with Crippen molar-refractivity contribution in [2.45, 2.75) is 44.1 Å². The molecule has 1 rings (SSSR count). The Morgan fingerprint density at radius 1 is 1.53 bits per heavy atom. The topological polar surface area (TPSA) is 69.6 Å². The van der Waals surface area contributed by atoms with Crippen molar-refractivity contribution in [3.05, 3.63) is 0 Å². The minimum absolute atomic E-state index is 0.0313. The van der Waals surface area contributed by atoms with E-state index in [4.69, 9.17) is 5.11 Å². The molecule has 98 valence electrons. The second-order valence-corrected chi connectivity index (χ2v) is 5.85. The van der Waals surface area contributed by atoms with Crippen LogP contribution in [0.1, 0.15) is 27.2 Å². The monoisotopic (exact) mass is 260 g/mol. The molecule has 0 radical (unpaired) electrons. The van der Waals surface area contributed by atoms with E-state index in [1.54, 1.807) is 20.9 Å². The average molecular weight is 260 g/mol. The van der Waals surface area contributed by atoms with Crippen LogP contribution < -0.4 is 5.32 Å². The van der Waals surface area contributed by atoms with Gasteiger partial charge >= 0.3 is 5.97 Å². The highest BCUT2D eigenvalue weighted by atomic mass is 32.2. The average Bonchev–Trinajstić information content (AvgIpc) is 2.71. The molecule has 1 heterocycles. The molecule has 6 heteroatoms. The molecule has 1 aliphatic rings. The number of likely N-dealkylation sites (N-methyl/N-ethyl adjacent to an activating group) is 1. The number of hydrogen-bond donors (Lipinski definition) is 2. The summed E-state index contributed by atoms with van der Waals surface area (Å²) in [6.45, 7) is 5.50. The molecule has 1 saturated heterocycles. The fourth-order valence-electron chi connectivity index (χ4n) is 1.77. The lowest BCUT2D eigenvalue weighted by molar-refractivity contribution is -0.151. The summed E-state index contributed by atoms with van der Waals surface area (Å²) in [5, 5.41) is 12.1. The molecule has 0 aromatic heterocycles. The third kappa shape index (κ3) is 2.74. The van der Waals surface area contributed by atoms with Gasteiger partial charge in [-0.2, -0.15) is 0 Å². The Balaban J connectivity index is 2.97. The number of aliphatic carboxylic acids is 1. The molecule has 1 fully saturated rings. The summed E-state index contributed by atoms with van der Waals surface area (Å²) in [6, 6.07) is -0.704. The van der Waals surface area contributed by atoms with Gasteiger partial charge < -0.3 is 15.3 Å². The van der Waals surface area contributed by atoms with Crippen molar-refractivity contribution in [1.29, 1.82) is 0 Å². The Hall–Kier alpha value is -0.750. The van der Waals surface area contributed by atoms with Crippen LogP contribution in [-0.4, -0.2) is 51.6 Å². The molecule has 2 unspecified atom stereocenters. The van der Waals surface area contributed by atoms with Gasteiger partial charge in [-0.3, -0.25) is 4.79 Å². The van der Waals surface area contributed by atoms with Gasteiger partial charge in [0.05, 0.1) is 10.9 Å². The minimum Gasteiger partial charge on any atom is -0.480 e. The van der Waals surface area contributed by atoms with Crippen molar-refractivity contribution in [2.24, 2.45) is 0 Å². The number of nitrogens with zero attached hydrogens (tertiary/aromatic N) is 1. The van der Waals surface area contributed by atoms with Crippen molar-refractivity contribution < 1.29 is 14.7 Å². The molecule has 5 nitrogen and oxygen atoms in total. The van der Waals surface area contributed by atoms with E-state index in [-0.39, 0.29) is 11.3 Å². The van der Waals surface area contributed by atoms with Gasteiger partial charge in [0, 0.05) is 5.75 Å². The molecule has 0 spiro atoms. The number of nitrogens with one attached hydrogen (secondary N) is 1. The first kappa shape index (κ1) is 14.3. The first-order valence-electron chi connectivity index (χ1n) is 5.71. The van der Waals surface area contributed by atoms with Gasteiger partial charge in [0.15, 0.2) is 0 Å². The maximum atomic E-state index is 12.4. The van der Waals surface area contributed by atoms with E-state index in [0.717, 1.165) is 6.42 Å². The molecule has 1 aliphatic heterocycles. The fourth-order valence-corrected chi connectivity index (χ4v) is 3.12. The summed E-state index contributed by atoms with van der Waals surface area (Å²) < 4.78 is 0. The maximum absolute atomic E-state index is 12.4. The third-order valence-electron chi connectivity index (χ3n) is 3.12. The molecule has 2 atom stereocenters. The van der Waals surface area contributed by atoms with Crippen molar-refractivity contribution in [2.75, 3.05) is 12.8 Å². The summed E-state index contributed by atoms with van der Waals surface area (Å²) in [6.07, 6.45) is 0.764. The zero-order valence-electron chi connectivity index (χ0n) is 10.7. The largest absolute Gasteiger partial charge is 0.480 e. The highest BCUT2D eigenvalue weighted by molar-refractivity contribution is 8.00. The molecular formula is C11H20N2O3S. The van der Waals surface area contributed by atoms with Crippen LogP contribution in [0.4, 0.5) is 0 Å². The molecule has 0 saturated carbocycles. The van der Waals surface area contributed by atoms with Gasteiger partial charge in [0.2, 0.25) is 5.91 Å². The molecule has 2 N–H and O–H groups in total. The van der Waals surface area contributed by atoms with Gasteiger partial charge in [0.25, 0.3) is 0 Å². The van der Waals surface area contributed by atoms with E-state index in [1.165, 1.54) is 16.7 Å². The number of hydrogen-bond acceptors (Lipinski definition) is 4. The van der Waals surface area contributed by atoms with Crippen LogP contribution >= 0.6 is 11.8 Å². The van der Waals surface area contributed by atoms with E-state index >= 15 is 0 Å². The standard InChI is InChI=1S/C11H20N2O3S/c1-5-8-13(7(6-17-8)9(14)15)10(16)11(2,3)12-4/h7-8,12H,5-6H2,1-4H3,(H,14,15). The van der Waals surface area contributed by atoms with Crippen LogP contribution in [-0.2, 0) is 9.59 Å². The zero-order chi connectivity index (χ0) is 13.2. The lowest BCUT2D eigenvalue weighted by Gasteiger charge is -2.34. The van der Waals surface area contributed by atoms with Crippen LogP contribution in [0.2, 0.25) is 0 Å². The fraction of sp³-hybridized carbons (Fsp3) is 0.818. The van der Waals surface area contributed by atoms with Crippen molar-refractivity contribution in [1.82, 2.24) is 10.2 Å². The van der Waals surface area contributed by atoms with Gasteiger partial charge in [-0.1, -0.05) is 6.92 Å². The Labute approximate surface area is 106 Å². The lowest BCUT2D eigenvalue weighted by Crippen LogP contribution is -2.57. The third-order valence-corrected chi connectivity index (χ3v) is 4.57. The number of carbonyl (C=O) groups excluding carboxylic acids is 1. The quantitative estimate of drug-likeness (QED) is 0.780. The first-order chi connectivity index (χ1) is 7.85. The molecule has 0 aliphatic carbocycles. The Morgan fingerprint density at radius 3 is 2.53 bits per heavy atom. The van der Waals surface area contributed by atoms with Gasteiger partial charge in [-0.25, -0.2) is 4.79 Å². The summed E-state index contributed by atoms with van der Waals surface area (Å²) in [4.78, 5) is 25.1. The van der Waals surface area contributed by atoms with E-state index in [1.807, 2.05) is 6.92 Å². The second kappa shape index (κ2) is 5.27. The summed E-state index contributed by atoms with van der Waals surface area (Å²) >= 11 is 1.54. The highest BCUT2D eigenvalue weighted by Crippen LogP contribution is 2.33. The van der Waals surface area contributed by atoms with E-state index in [2.05, 4.69) is 5.32 Å². The lowest BCUT2D eigenvalue weighted by atomic mass is 10.0. The van der Waals surface area contributed by atoms with Crippen LogP contribution in [0.5, 0.6) is 0 Å². The Bertz CT molecular complexity index is 320. The summed E-state index contributed by atoms with van der Waals surface area (Å²) in [5.41, 5.74) is -0.730. The molecular weight excluding hydrogens is 240 g/mol. The van der Waals surface area contributed by atoms with Gasteiger partial charge in [0.1, 0.15) is 6.04 Å². The summed E-state index contributed by atoms with van der Waals surface area (Å²) in [5.74, 6) is -0.600. The number of carboxylic acid groups (broad SMARTS) is 1. The van der Waals surface area contributed by atoms with E-state index in [0.29, 0.717) is 5.75 Å². The van der Waals surface area contributed by atoms with Crippen LogP contribution in [0.25, 0.3) is 0 Å². The predicted octanol–water partition coefficient (Wildman–Crippen LogP) is 0.749. The van der Waals surface area contributed by atoms with Gasteiger partial charge in [-0.05, 0) is 27.3 Å². The number of amides is 1.